The van der Waals surface area contributed by atoms with Crippen LogP contribution < -0.4 is 14.6 Å². The van der Waals surface area contributed by atoms with E-state index < -0.39 is 82.1 Å². The highest BCUT2D eigenvalue weighted by Gasteiger charge is 2.68. The molecule has 1 N–H and O–H groups in total. The van der Waals surface area contributed by atoms with E-state index in [1.165, 1.54) is 32.4 Å². The van der Waals surface area contributed by atoms with Crippen molar-refractivity contribution in [1.29, 1.82) is 0 Å². The zero-order chi connectivity index (χ0) is 38.6. The van der Waals surface area contributed by atoms with Crippen molar-refractivity contribution in [3.8, 4) is 11.5 Å². The quantitative estimate of drug-likeness (QED) is 0.155. The first kappa shape index (κ1) is 37.6. The molecule has 6 atom stereocenters. The number of anilines is 2. The van der Waals surface area contributed by atoms with Gasteiger partial charge in [-0.15, -0.1) is 0 Å². The molecule has 0 unspecified atom stereocenters. The number of fused-ring (bicyclic) bond motifs is 4. The van der Waals surface area contributed by atoms with E-state index in [0.717, 1.165) is 27.1 Å². The predicted octanol–water partition coefficient (Wildman–Crippen LogP) is 8.07. The van der Waals surface area contributed by atoms with Crippen LogP contribution in [0.4, 0.5) is 29.1 Å². The molecule has 3 heterocycles. The first-order chi connectivity index (χ1) is 24.8. The van der Waals surface area contributed by atoms with Gasteiger partial charge in [-0.25, -0.2) is 14.3 Å². The summed E-state index contributed by atoms with van der Waals surface area (Å²) in [5.41, 5.74) is -1.81. The Bertz CT molecular complexity index is 2190. The number of alkyl halides is 3. The van der Waals surface area contributed by atoms with Gasteiger partial charge in [0.05, 0.1) is 50.5 Å². The van der Waals surface area contributed by atoms with Crippen molar-refractivity contribution in [3.63, 3.8) is 0 Å². The molecule has 2 saturated heterocycles. The Morgan fingerprint density at radius 2 is 1.70 bits per heavy atom. The van der Waals surface area contributed by atoms with Crippen molar-refractivity contribution in [1.82, 2.24) is 9.99 Å². The van der Waals surface area contributed by atoms with Gasteiger partial charge in [0.15, 0.2) is 17.3 Å². The number of pyridine rings is 1. The number of allylic oxidation sites excluding steroid dienone is 2. The largest absolute Gasteiger partial charge is 0.503 e. The molecule has 10 nitrogen and oxygen atoms in total. The minimum Gasteiger partial charge on any atom is -0.503 e. The first-order valence-corrected chi connectivity index (χ1v) is 18.3. The van der Waals surface area contributed by atoms with Crippen LogP contribution in [0.1, 0.15) is 36.9 Å². The Labute approximate surface area is 325 Å². The second-order valence-electron chi connectivity index (χ2n) is 13.4. The Balaban J connectivity index is 1.37. The number of hydrazine groups is 1. The van der Waals surface area contributed by atoms with Crippen molar-refractivity contribution in [3.05, 3.63) is 84.1 Å². The number of benzene rings is 2. The van der Waals surface area contributed by atoms with Crippen LogP contribution in [0.25, 0.3) is 0 Å². The lowest BCUT2D eigenvalue weighted by Crippen LogP contribution is -2.49. The Hall–Kier alpha value is -3.73. The van der Waals surface area contributed by atoms with Gasteiger partial charge in [0, 0.05) is 17.4 Å². The molecule has 3 aromatic rings. The molecule has 1 aromatic heterocycles. The molecule has 53 heavy (non-hydrogen) atoms. The zero-order valence-corrected chi connectivity index (χ0v) is 32.3. The van der Waals surface area contributed by atoms with Crippen LogP contribution >= 0.6 is 55.1 Å². The van der Waals surface area contributed by atoms with Crippen LogP contribution in [0.3, 0.4) is 0 Å². The Morgan fingerprint density at radius 3 is 2.34 bits per heavy atom. The van der Waals surface area contributed by atoms with Crippen molar-refractivity contribution < 1.29 is 46.6 Å². The standard InChI is InChI=1S/C35H26Br2Cl2F4N4O6/c1-34-18(31(50)46(33(34)52)13-4-8-21(40)20(39)10-13)11-16-14(25(34)17-12-22(53-3)28(48)27(37)26(17)36)5-6-15-24(16)32(51)47(30(15)49)45(2)29-19(38)7-9-23(44-29)35(41,42)43/h4-5,7-10,12,15-16,18,24-25,48H,6,11H2,1-3H3/t15-,16+,18-,24-,25+,34+/m0/s1. The number of aromatic hydroxyl groups is 1. The fraction of sp³-hybridized carbons (Fsp3) is 0.343. The molecule has 2 aliphatic carbocycles. The third kappa shape index (κ3) is 5.48. The smallest absolute Gasteiger partial charge is 0.433 e. The Morgan fingerprint density at radius 1 is 1.00 bits per heavy atom. The molecular weight excluding hydrogens is 879 g/mol. The number of amides is 4. The first-order valence-electron chi connectivity index (χ1n) is 16.0. The van der Waals surface area contributed by atoms with E-state index in [0.29, 0.717) is 21.7 Å². The molecule has 1 saturated carbocycles. The predicted molar refractivity (Wildman–Crippen MR) is 191 cm³/mol. The number of ether oxygens (including phenoxy) is 1. The molecule has 2 aromatic carbocycles. The molecule has 3 fully saturated rings. The maximum atomic E-state index is 14.7. The average Bonchev–Trinajstić information content (AvgIpc) is 3.47. The fourth-order valence-corrected chi connectivity index (χ4v) is 9.75. The van der Waals surface area contributed by atoms with Crippen LogP contribution in [-0.2, 0) is 25.4 Å². The maximum Gasteiger partial charge on any atom is 0.433 e. The SMILES string of the molecule is COc1cc([C@H]2C3=CC[C@@H]4C(=O)N(N(C)c5nc(C(F)(F)F)ccc5Cl)C(=O)[C@@H]4[C@@H]3C[C@H]3C(=O)N(c4ccc(F)c(Cl)c4)C(=O)[C@@]23C)c(Br)c(Br)c1O. The molecule has 4 aliphatic rings. The molecular formula is C35H26Br2Cl2F4N4O6. The van der Waals surface area contributed by atoms with Crippen LogP contribution in [0.15, 0.2) is 57.0 Å². The van der Waals surface area contributed by atoms with E-state index in [-0.39, 0.29) is 44.5 Å². The second-order valence-corrected chi connectivity index (χ2v) is 15.8. The van der Waals surface area contributed by atoms with E-state index in [2.05, 4.69) is 36.8 Å². The van der Waals surface area contributed by atoms with Gasteiger partial charge in [-0.05, 0) is 99.5 Å². The van der Waals surface area contributed by atoms with Gasteiger partial charge in [-0.1, -0.05) is 34.9 Å². The summed E-state index contributed by atoms with van der Waals surface area (Å²) >= 11 is 19.2. The van der Waals surface area contributed by atoms with Crippen molar-refractivity contribution >= 4 is 90.2 Å². The third-order valence-electron chi connectivity index (χ3n) is 10.8. The number of phenolic OH excluding ortho intramolecular Hbond substituents is 1. The number of nitrogens with zero attached hydrogens (tertiary/aromatic N) is 4. The number of carbonyl (C=O) groups excluding carboxylic acids is 4. The van der Waals surface area contributed by atoms with Crippen LogP contribution in [0.2, 0.25) is 10.0 Å². The number of halogens is 8. The van der Waals surface area contributed by atoms with Gasteiger partial charge in [0.2, 0.25) is 11.8 Å². The molecule has 2 aliphatic heterocycles. The lowest BCUT2D eigenvalue weighted by molar-refractivity contribution is -0.141. The topological polar surface area (TPSA) is 120 Å². The van der Waals surface area contributed by atoms with Gasteiger partial charge in [-0.2, -0.15) is 18.2 Å². The highest BCUT2D eigenvalue weighted by molar-refractivity contribution is 9.13. The zero-order valence-electron chi connectivity index (χ0n) is 27.6. The summed E-state index contributed by atoms with van der Waals surface area (Å²) in [6.45, 7) is 1.62. The molecule has 18 heteroatoms. The highest BCUT2D eigenvalue weighted by Crippen LogP contribution is 2.65. The monoisotopic (exact) mass is 902 g/mol. The summed E-state index contributed by atoms with van der Waals surface area (Å²) in [6, 6.07) is 6.62. The lowest BCUT2D eigenvalue weighted by atomic mass is 9.51. The minimum absolute atomic E-state index is 0.0137. The van der Waals surface area contributed by atoms with Crippen LogP contribution in [0, 0.1) is 34.9 Å². The summed E-state index contributed by atoms with van der Waals surface area (Å²) < 4.78 is 61.0. The van der Waals surface area contributed by atoms with E-state index in [1.54, 1.807) is 13.0 Å². The summed E-state index contributed by atoms with van der Waals surface area (Å²) in [4.78, 5) is 62.2. The molecule has 4 amide bonds. The van der Waals surface area contributed by atoms with E-state index in [4.69, 9.17) is 27.9 Å². The molecule has 0 radical (unpaired) electrons. The fourth-order valence-electron chi connectivity index (χ4n) is 8.40. The third-order valence-corrected chi connectivity index (χ3v) is 13.6. The van der Waals surface area contributed by atoms with Crippen molar-refractivity contribution in [2.45, 2.75) is 31.9 Å². The Kier molecular flexibility index (Phi) is 9.18. The molecule has 278 valence electrons. The minimum atomic E-state index is -4.84. The normalized spacial score (nSPS) is 26.8. The summed E-state index contributed by atoms with van der Waals surface area (Å²) in [7, 11) is 2.54. The van der Waals surface area contributed by atoms with Gasteiger partial charge >= 0.3 is 6.18 Å². The summed E-state index contributed by atoms with van der Waals surface area (Å²) in [5, 5.41) is 11.9. The number of carbonyl (C=O) groups is 4. The van der Waals surface area contributed by atoms with E-state index >= 15 is 0 Å². The van der Waals surface area contributed by atoms with Crippen molar-refractivity contribution in [2.75, 3.05) is 24.1 Å². The van der Waals surface area contributed by atoms with Crippen molar-refractivity contribution in [2.24, 2.45) is 29.1 Å². The van der Waals surface area contributed by atoms with Crippen LogP contribution in [-0.4, -0.2) is 52.9 Å². The van der Waals surface area contributed by atoms with Gasteiger partial charge in [0.25, 0.3) is 11.8 Å². The number of hydrogen-bond acceptors (Lipinski definition) is 8. The number of rotatable bonds is 5. The maximum absolute atomic E-state index is 14.7. The highest BCUT2D eigenvalue weighted by atomic mass is 79.9. The number of imide groups is 2. The summed E-state index contributed by atoms with van der Waals surface area (Å²) in [6.07, 6.45) is -3.13. The van der Waals surface area contributed by atoms with E-state index in [9.17, 15) is 41.8 Å². The average molecular weight is 905 g/mol. The lowest BCUT2D eigenvalue weighted by Gasteiger charge is -2.49. The second kappa shape index (κ2) is 12.9. The molecule has 0 bridgehead atoms. The van der Waals surface area contributed by atoms with E-state index in [1.807, 2.05) is 0 Å². The number of phenols is 1. The molecule has 0 spiro atoms. The number of methoxy groups -OCH3 is 1. The van der Waals surface area contributed by atoms with Gasteiger partial charge in [-0.3, -0.25) is 24.2 Å². The van der Waals surface area contributed by atoms with Crippen LogP contribution in [0.5, 0.6) is 11.5 Å². The van der Waals surface area contributed by atoms with Gasteiger partial charge < -0.3 is 9.84 Å². The summed E-state index contributed by atoms with van der Waals surface area (Å²) in [5.74, 6) is -9.11. The number of aromatic nitrogens is 1. The molecule has 7 rings (SSSR count). The van der Waals surface area contributed by atoms with Gasteiger partial charge in [0.1, 0.15) is 11.5 Å². The number of hydrogen-bond donors (Lipinski definition) is 1.